The molecule has 1 aliphatic heterocycles. The van der Waals surface area contributed by atoms with Crippen LogP contribution >= 0.6 is 23.2 Å². The maximum atomic E-state index is 12.3. The van der Waals surface area contributed by atoms with E-state index in [9.17, 15) is 4.79 Å². The van der Waals surface area contributed by atoms with Gasteiger partial charge in [-0.15, -0.1) is 0 Å². The normalized spacial score (nSPS) is 21.0. The largest absolute Gasteiger partial charge is 0.326 e. The minimum absolute atomic E-state index is 0.0231. The van der Waals surface area contributed by atoms with Crippen molar-refractivity contribution in [3.63, 3.8) is 0 Å². The van der Waals surface area contributed by atoms with Crippen LogP contribution in [-0.2, 0) is 4.79 Å². The van der Waals surface area contributed by atoms with Gasteiger partial charge < -0.3 is 11.1 Å². The summed E-state index contributed by atoms with van der Waals surface area (Å²) in [7, 11) is 0. The third-order valence-corrected chi connectivity index (χ3v) is 4.80. The Morgan fingerprint density at radius 2 is 1.92 bits per heavy atom. The number of carbonyl (C=O) groups excluding carboxylic acids is 1. The van der Waals surface area contributed by atoms with Crippen LogP contribution in [0, 0.1) is 0 Å². The number of anilines is 1. The summed E-state index contributed by atoms with van der Waals surface area (Å²) in [6, 6.07) is 15.2. The molecule has 24 heavy (non-hydrogen) atoms. The van der Waals surface area contributed by atoms with Crippen LogP contribution in [0.25, 0.3) is 0 Å². The highest BCUT2D eigenvalue weighted by Crippen LogP contribution is 2.27. The third-order valence-electron chi connectivity index (χ3n) is 4.24. The van der Waals surface area contributed by atoms with Gasteiger partial charge in [0.1, 0.15) is 0 Å². The number of nitrogens with two attached hydrogens (primary N) is 1. The summed E-state index contributed by atoms with van der Waals surface area (Å²) in [4.78, 5) is 14.4. The lowest BCUT2D eigenvalue weighted by molar-refractivity contribution is -0.117. The summed E-state index contributed by atoms with van der Waals surface area (Å²) in [6.07, 6.45) is 0. The van der Waals surface area contributed by atoms with Crippen molar-refractivity contribution in [3.05, 3.63) is 64.1 Å². The van der Waals surface area contributed by atoms with Crippen molar-refractivity contribution in [2.75, 3.05) is 25.0 Å². The highest BCUT2D eigenvalue weighted by atomic mass is 35.5. The first-order valence-corrected chi connectivity index (χ1v) is 8.56. The summed E-state index contributed by atoms with van der Waals surface area (Å²) in [5, 5.41) is 3.80. The van der Waals surface area contributed by atoms with E-state index >= 15 is 0 Å². The van der Waals surface area contributed by atoms with Gasteiger partial charge in [-0.2, -0.15) is 0 Å². The number of amides is 1. The fourth-order valence-electron chi connectivity index (χ4n) is 3.08. The van der Waals surface area contributed by atoms with Crippen LogP contribution < -0.4 is 11.1 Å². The lowest BCUT2D eigenvalue weighted by Gasteiger charge is -2.16. The van der Waals surface area contributed by atoms with Gasteiger partial charge in [-0.25, -0.2) is 0 Å². The lowest BCUT2D eigenvalue weighted by atomic mass is 9.95. The van der Waals surface area contributed by atoms with Gasteiger partial charge in [0, 0.05) is 30.1 Å². The maximum absolute atomic E-state index is 12.3. The van der Waals surface area contributed by atoms with Crippen LogP contribution in [0.3, 0.4) is 0 Å². The Hall–Kier alpha value is -1.59. The number of halogens is 2. The number of nitrogens with one attached hydrogen (secondary N) is 1. The molecule has 0 saturated carbocycles. The Kier molecular flexibility index (Phi) is 5.41. The number of hydrogen-bond donors (Lipinski definition) is 2. The van der Waals surface area contributed by atoms with Crippen LogP contribution in [0.4, 0.5) is 5.69 Å². The first-order chi connectivity index (χ1) is 11.5. The first-order valence-electron chi connectivity index (χ1n) is 7.80. The molecule has 0 aliphatic carbocycles. The van der Waals surface area contributed by atoms with Crippen molar-refractivity contribution in [2.45, 2.75) is 12.0 Å². The highest BCUT2D eigenvalue weighted by molar-refractivity contribution is 6.35. The maximum Gasteiger partial charge on any atom is 0.238 e. The molecule has 2 aromatic rings. The average Bonchev–Trinajstić information content (AvgIpc) is 2.92. The van der Waals surface area contributed by atoms with Gasteiger partial charge in [0.05, 0.1) is 17.3 Å². The molecule has 1 fully saturated rings. The molecule has 6 heteroatoms. The topological polar surface area (TPSA) is 58.4 Å². The Bertz CT molecular complexity index is 723. The molecule has 126 valence electrons. The van der Waals surface area contributed by atoms with E-state index in [-0.39, 0.29) is 24.4 Å². The molecule has 1 heterocycles. The molecule has 0 radical (unpaired) electrons. The summed E-state index contributed by atoms with van der Waals surface area (Å²) in [5.41, 5.74) is 8.00. The number of hydrogen-bond acceptors (Lipinski definition) is 3. The van der Waals surface area contributed by atoms with Crippen LogP contribution in [0.15, 0.2) is 48.5 Å². The Labute approximate surface area is 151 Å². The SMILES string of the molecule is N[C@@H]1CN(CC(=O)Nc2cc(Cl)ccc2Cl)C[C@H]1c1ccccc1. The van der Waals surface area contributed by atoms with E-state index in [1.165, 1.54) is 5.56 Å². The van der Waals surface area contributed by atoms with Gasteiger partial charge in [-0.3, -0.25) is 9.69 Å². The molecule has 1 aliphatic rings. The molecule has 0 spiro atoms. The minimum Gasteiger partial charge on any atom is -0.326 e. The summed E-state index contributed by atoms with van der Waals surface area (Å²) in [6.45, 7) is 1.73. The average molecular weight is 364 g/mol. The van der Waals surface area contributed by atoms with Gasteiger partial charge in [-0.05, 0) is 23.8 Å². The van der Waals surface area contributed by atoms with Crippen molar-refractivity contribution in [1.29, 1.82) is 0 Å². The van der Waals surface area contributed by atoms with Crippen molar-refractivity contribution >= 4 is 34.8 Å². The van der Waals surface area contributed by atoms with E-state index < -0.39 is 0 Å². The van der Waals surface area contributed by atoms with Gasteiger partial charge in [0.15, 0.2) is 0 Å². The van der Waals surface area contributed by atoms with Crippen LogP contribution in [0.5, 0.6) is 0 Å². The van der Waals surface area contributed by atoms with Gasteiger partial charge in [0.25, 0.3) is 0 Å². The third kappa shape index (κ3) is 4.08. The second-order valence-electron chi connectivity index (χ2n) is 6.05. The number of likely N-dealkylation sites (tertiary alicyclic amines) is 1. The van der Waals surface area contributed by atoms with Crippen molar-refractivity contribution in [1.82, 2.24) is 4.90 Å². The molecule has 0 unspecified atom stereocenters. The Morgan fingerprint density at radius 3 is 2.67 bits per heavy atom. The molecule has 3 N–H and O–H groups in total. The predicted octanol–water partition coefficient (Wildman–Crippen LogP) is 3.36. The minimum atomic E-state index is -0.125. The summed E-state index contributed by atoms with van der Waals surface area (Å²) in [5.74, 6) is 0.119. The van der Waals surface area contributed by atoms with Gasteiger partial charge in [-0.1, -0.05) is 53.5 Å². The number of rotatable bonds is 4. The molecule has 4 nitrogen and oxygen atoms in total. The zero-order valence-electron chi connectivity index (χ0n) is 13.1. The molecule has 2 aromatic carbocycles. The van der Waals surface area contributed by atoms with E-state index in [0.717, 1.165) is 6.54 Å². The number of carbonyl (C=O) groups is 1. The Morgan fingerprint density at radius 1 is 1.17 bits per heavy atom. The quantitative estimate of drug-likeness (QED) is 0.875. The van der Waals surface area contributed by atoms with Crippen LogP contribution in [0.1, 0.15) is 11.5 Å². The molecule has 1 amide bonds. The second-order valence-corrected chi connectivity index (χ2v) is 6.89. The standard InChI is InChI=1S/C18H19Cl2N3O/c19-13-6-7-15(20)17(8-13)22-18(24)11-23-9-14(16(21)10-23)12-4-2-1-3-5-12/h1-8,14,16H,9-11,21H2,(H,22,24)/t14-,16+/m0/s1. The van der Waals surface area contributed by atoms with E-state index in [2.05, 4.69) is 22.3 Å². The summed E-state index contributed by atoms with van der Waals surface area (Å²) < 4.78 is 0. The van der Waals surface area contributed by atoms with E-state index in [0.29, 0.717) is 22.3 Å². The van der Waals surface area contributed by atoms with Crippen molar-refractivity contribution in [3.8, 4) is 0 Å². The van der Waals surface area contributed by atoms with Crippen LogP contribution in [-0.4, -0.2) is 36.5 Å². The fraction of sp³-hybridized carbons (Fsp3) is 0.278. The molecular formula is C18H19Cl2N3O. The monoisotopic (exact) mass is 363 g/mol. The fourth-order valence-corrected chi connectivity index (χ4v) is 3.42. The van der Waals surface area contributed by atoms with Crippen molar-refractivity contribution < 1.29 is 4.79 Å². The van der Waals surface area contributed by atoms with E-state index in [1.807, 2.05) is 18.2 Å². The number of benzene rings is 2. The number of nitrogens with zero attached hydrogens (tertiary/aromatic N) is 1. The van der Waals surface area contributed by atoms with E-state index in [4.69, 9.17) is 28.9 Å². The molecule has 1 saturated heterocycles. The Balaban J connectivity index is 1.60. The molecule has 2 atom stereocenters. The molecular weight excluding hydrogens is 345 g/mol. The van der Waals surface area contributed by atoms with Crippen LogP contribution in [0.2, 0.25) is 10.0 Å². The zero-order chi connectivity index (χ0) is 17.1. The first kappa shape index (κ1) is 17.2. The van der Waals surface area contributed by atoms with E-state index in [1.54, 1.807) is 18.2 Å². The second kappa shape index (κ2) is 7.53. The zero-order valence-corrected chi connectivity index (χ0v) is 14.6. The lowest BCUT2D eigenvalue weighted by Crippen LogP contribution is -2.33. The molecule has 0 aromatic heterocycles. The molecule has 3 rings (SSSR count). The predicted molar refractivity (Wildman–Crippen MR) is 98.7 cm³/mol. The van der Waals surface area contributed by atoms with Crippen molar-refractivity contribution in [2.24, 2.45) is 5.73 Å². The summed E-state index contributed by atoms with van der Waals surface area (Å²) >= 11 is 12.0. The van der Waals surface area contributed by atoms with Gasteiger partial charge >= 0.3 is 0 Å². The smallest absolute Gasteiger partial charge is 0.238 e. The highest BCUT2D eigenvalue weighted by Gasteiger charge is 2.32. The molecule has 0 bridgehead atoms. The van der Waals surface area contributed by atoms with Gasteiger partial charge in [0.2, 0.25) is 5.91 Å².